The normalized spacial score (nSPS) is 15.5. The third-order valence-corrected chi connectivity index (χ3v) is 5.23. The van der Waals surface area contributed by atoms with Gasteiger partial charge in [0.1, 0.15) is 11.6 Å². The molecule has 148 valence electrons. The predicted molar refractivity (Wildman–Crippen MR) is 111 cm³/mol. The average molecular weight is 391 g/mol. The summed E-state index contributed by atoms with van der Waals surface area (Å²) in [6, 6.07) is 19.6. The van der Waals surface area contributed by atoms with Gasteiger partial charge in [-0.25, -0.2) is 9.37 Å². The zero-order chi connectivity index (χ0) is 20.1. The number of rotatable bonds is 5. The Morgan fingerprint density at radius 1 is 0.966 bits per heavy atom. The number of para-hydroxylation sites is 1. The van der Waals surface area contributed by atoms with Crippen molar-refractivity contribution < 1.29 is 13.9 Å². The van der Waals surface area contributed by atoms with Gasteiger partial charge in [0.2, 0.25) is 5.91 Å². The molecule has 0 spiro atoms. The van der Waals surface area contributed by atoms with Crippen LogP contribution >= 0.6 is 0 Å². The smallest absolute Gasteiger partial charge is 0.235 e. The van der Waals surface area contributed by atoms with Gasteiger partial charge in [0.15, 0.2) is 0 Å². The van der Waals surface area contributed by atoms with Crippen LogP contribution in [0.5, 0.6) is 0 Å². The minimum Gasteiger partial charge on any atom is -0.381 e. The molecule has 0 saturated carbocycles. The predicted octanol–water partition coefficient (Wildman–Crippen LogP) is 4.65. The second kappa shape index (κ2) is 8.41. The van der Waals surface area contributed by atoms with Crippen LogP contribution in [-0.4, -0.2) is 24.1 Å². The molecule has 3 aromatic rings. The quantitative estimate of drug-likeness (QED) is 0.665. The molecule has 2 aromatic carbocycles. The standard InChI is InChI=1S/C23H22FN3O2/c24-18-6-4-5-17(15-18)23(11-13-29-14-12-23)22(28)27-20-9-10-21(25-16-20)26-19-7-2-1-3-8-19/h1-10,15-16H,11-14H2,(H,25,26)(H,27,28). The maximum absolute atomic E-state index is 13.8. The van der Waals surface area contributed by atoms with Crippen molar-refractivity contribution in [3.8, 4) is 0 Å². The number of aromatic nitrogens is 1. The number of nitrogens with zero attached hydrogens (tertiary/aromatic N) is 1. The fourth-order valence-electron chi connectivity index (χ4n) is 3.61. The summed E-state index contributed by atoms with van der Waals surface area (Å²) in [5.41, 5.74) is 1.38. The van der Waals surface area contributed by atoms with Crippen LogP contribution in [0.4, 0.5) is 21.6 Å². The third-order valence-electron chi connectivity index (χ3n) is 5.23. The molecule has 0 unspecified atom stereocenters. The number of amides is 1. The van der Waals surface area contributed by atoms with E-state index in [-0.39, 0.29) is 11.7 Å². The maximum atomic E-state index is 13.8. The van der Waals surface area contributed by atoms with E-state index in [1.165, 1.54) is 12.1 Å². The highest BCUT2D eigenvalue weighted by Crippen LogP contribution is 2.36. The van der Waals surface area contributed by atoms with Gasteiger partial charge in [0.25, 0.3) is 0 Å². The molecule has 0 atom stereocenters. The van der Waals surface area contributed by atoms with Crippen molar-refractivity contribution in [2.75, 3.05) is 23.8 Å². The maximum Gasteiger partial charge on any atom is 0.235 e. The van der Waals surface area contributed by atoms with Gasteiger partial charge in [-0.2, -0.15) is 0 Å². The molecule has 1 fully saturated rings. The number of benzene rings is 2. The van der Waals surface area contributed by atoms with E-state index >= 15 is 0 Å². The van der Waals surface area contributed by atoms with Crippen LogP contribution < -0.4 is 10.6 Å². The highest BCUT2D eigenvalue weighted by molar-refractivity contribution is 5.99. The van der Waals surface area contributed by atoms with Crippen molar-refractivity contribution in [2.24, 2.45) is 0 Å². The van der Waals surface area contributed by atoms with E-state index in [1.807, 2.05) is 30.3 Å². The van der Waals surface area contributed by atoms with Gasteiger partial charge in [0.05, 0.1) is 17.3 Å². The monoisotopic (exact) mass is 391 g/mol. The molecule has 1 saturated heterocycles. The SMILES string of the molecule is O=C(Nc1ccc(Nc2ccccc2)nc1)C1(c2cccc(F)c2)CCOCC1. The van der Waals surface area contributed by atoms with Crippen molar-refractivity contribution in [2.45, 2.75) is 18.3 Å². The van der Waals surface area contributed by atoms with Crippen LogP contribution in [0, 0.1) is 5.82 Å². The molecule has 2 heterocycles. The van der Waals surface area contributed by atoms with Gasteiger partial charge in [-0.15, -0.1) is 0 Å². The number of anilines is 3. The summed E-state index contributed by atoms with van der Waals surface area (Å²) < 4.78 is 19.3. The van der Waals surface area contributed by atoms with Crippen molar-refractivity contribution in [3.63, 3.8) is 0 Å². The Labute approximate surface area is 168 Å². The van der Waals surface area contributed by atoms with Crippen LogP contribution in [-0.2, 0) is 14.9 Å². The summed E-state index contributed by atoms with van der Waals surface area (Å²) in [7, 11) is 0. The molecule has 1 aliphatic heterocycles. The summed E-state index contributed by atoms with van der Waals surface area (Å²) in [6.45, 7) is 0.921. The van der Waals surface area contributed by atoms with Crippen LogP contribution in [0.1, 0.15) is 18.4 Å². The van der Waals surface area contributed by atoms with E-state index in [0.717, 1.165) is 5.69 Å². The number of halogens is 1. The minimum absolute atomic E-state index is 0.169. The molecule has 5 nitrogen and oxygen atoms in total. The fraction of sp³-hybridized carbons (Fsp3) is 0.217. The zero-order valence-electron chi connectivity index (χ0n) is 15.9. The Morgan fingerprint density at radius 2 is 1.76 bits per heavy atom. The summed E-state index contributed by atoms with van der Waals surface area (Å²) in [5.74, 6) is 0.163. The molecular formula is C23H22FN3O2. The second-order valence-corrected chi connectivity index (χ2v) is 7.08. The van der Waals surface area contributed by atoms with Gasteiger partial charge >= 0.3 is 0 Å². The van der Waals surface area contributed by atoms with Crippen molar-refractivity contribution >= 4 is 23.1 Å². The van der Waals surface area contributed by atoms with E-state index < -0.39 is 5.41 Å². The number of carbonyl (C=O) groups is 1. The van der Waals surface area contributed by atoms with Crippen LogP contribution in [0.15, 0.2) is 72.9 Å². The fourth-order valence-corrected chi connectivity index (χ4v) is 3.61. The molecule has 1 aromatic heterocycles. The second-order valence-electron chi connectivity index (χ2n) is 7.08. The molecule has 6 heteroatoms. The molecule has 4 rings (SSSR count). The molecule has 0 bridgehead atoms. The molecule has 2 N–H and O–H groups in total. The summed E-state index contributed by atoms with van der Waals surface area (Å²) in [5, 5.41) is 6.16. The van der Waals surface area contributed by atoms with E-state index in [9.17, 15) is 9.18 Å². The molecule has 29 heavy (non-hydrogen) atoms. The van der Waals surface area contributed by atoms with Crippen LogP contribution in [0.2, 0.25) is 0 Å². The third kappa shape index (κ3) is 4.27. The number of nitrogens with one attached hydrogen (secondary N) is 2. The lowest BCUT2D eigenvalue weighted by Gasteiger charge is -2.36. The van der Waals surface area contributed by atoms with Gasteiger partial charge in [0, 0.05) is 18.9 Å². The Morgan fingerprint density at radius 3 is 2.45 bits per heavy atom. The first-order chi connectivity index (χ1) is 14.2. The lowest BCUT2D eigenvalue weighted by Crippen LogP contribution is -2.44. The van der Waals surface area contributed by atoms with E-state index in [0.29, 0.717) is 43.1 Å². The minimum atomic E-state index is -0.818. The molecule has 0 aliphatic carbocycles. The molecule has 0 radical (unpaired) electrons. The molecular weight excluding hydrogens is 369 g/mol. The number of hydrogen-bond donors (Lipinski definition) is 2. The van der Waals surface area contributed by atoms with Crippen molar-refractivity contribution in [1.29, 1.82) is 0 Å². The van der Waals surface area contributed by atoms with Crippen LogP contribution in [0.3, 0.4) is 0 Å². The summed E-state index contributed by atoms with van der Waals surface area (Å²) >= 11 is 0. The largest absolute Gasteiger partial charge is 0.381 e. The zero-order valence-corrected chi connectivity index (χ0v) is 15.9. The number of carbonyl (C=O) groups excluding carboxylic acids is 1. The number of pyridine rings is 1. The van der Waals surface area contributed by atoms with Crippen molar-refractivity contribution in [3.05, 3.63) is 84.3 Å². The number of ether oxygens (including phenoxy) is 1. The lowest BCUT2D eigenvalue weighted by atomic mass is 9.73. The molecule has 1 amide bonds. The van der Waals surface area contributed by atoms with E-state index in [4.69, 9.17) is 4.74 Å². The lowest BCUT2D eigenvalue weighted by molar-refractivity contribution is -0.125. The van der Waals surface area contributed by atoms with Gasteiger partial charge in [-0.05, 0) is 54.8 Å². The van der Waals surface area contributed by atoms with Crippen molar-refractivity contribution in [1.82, 2.24) is 4.98 Å². The number of hydrogen-bond acceptors (Lipinski definition) is 4. The highest BCUT2D eigenvalue weighted by atomic mass is 19.1. The van der Waals surface area contributed by atoms with Gasteiger partial charge in [-0.3, -0.25) is 4.79 Å². The Balaban J connectivity index is 1.52. The summed E-state index contributed by atoms with van der Waals surface area (Å²) in [4.78, 5) is 17.6. The van der Waals surface area contributed by atoms with Gasteiger partial charge in [-0.1, -0.05) is 30.3 Å². The van der Waals surface area contributed by atoms with Gasteiger partial charge < -0.3 is 15.4 Å². The Bertz CT molecular complexity index is 971. The Kier molecular flexibility index (Phi) is 5.53. The first kappa shape index (κ1) is 19.1. The van der Waals surface area contributed by atoms with E-state index in [1.54, 1.807) is 30.5 Å². The first-order valence-corrected chi connectivity index (χ1v) is 9.59. The first-order valence-electron chi connectivity index (χ1n) is 9.59. The van der Waals surface area contributed by atoms with Crippen LogP contribution in [0.25, 0.3) is 0 Å². The Hall–Kier alpha value is -3.25. The topological polar surface area (TPSA) is 63.2 Å². The average Bonchev–Trinajstić information content (AvgIpc) is 2.76. The molecule has 1 aliphatic rings. The highest BCUT2D eigenvalue weighted by Gasteiger charge is 2.42. The van der Waals surface area contributed by atoms with E-state index in [2.05, 4.69) is 15.6 Å². The summed E-state index contributed by atoms with van der Waals surface area (Å²) in [6.07, 6.45) is 2.62.